The first kappa shape index (κ1) is 22.6. The molecule has 2 aromatic carbocycles. The fraction of sp³-hybridized carbons (Fsp3) is 0.407. The van der Waals surface area contributed by atoms with Gasteiger partial charge in [0.15, 0.2) is 11.5 Å². The molecule has 3 aliphatic rings. The number of ether oxygens (including phenoxy) is 2. The largest absolute Gasteiger partial charge is 0.504 e. The quantitative estimate of drug-likeness (QED) is 0.666. The van der Waals surface area contributed by atoms with Crippen LogP contribution in [0.4, 0.5) is 0 Å². The van der Waals surface area contributed by atoms with Crippen molar-refractivity contribution in [1.29, 1.82) is 0 Å². The Balaban J connectivity index is 1.37. The van der Waals surface area contributed by atoms with Gasteiger partial charge >= 0.3 is 0 Å². The number of aromatic hydroxyl groups is 1. The Hall–Kier alpha value is -3.16. The highest BCUT2D eigenvalue weighted by molar-refractivity contribution is 6.07. The Morgan fingerprint density at radius 1 is 1.00 bits per heavy atom. The summed E-state index contributed by atoms with van der Waals surface area (Å²) in [7, 11) is 1.53. The third-order valence-corrected chi connectivity index (χ3v) is 6.92. The van der Waals surface area contributed by atoms with Gasteiger partial charge in [0.25, 0.3) is 0 Å². The monoisotopic (exact) mass is 461 g/mol. The Labute approximate surface area is 200 Å². The number of nitrogens with zero attached hydrogens (tertiary/aromatic N) is 3. The van der Waals surface area contributed by atoms with Gasteiger partial charge in [-0.25, -0.2) is 5.01 Å². The van der Waals surface area contributed by atoms with Gasteiger partial charge in [0.1, 0.15) is 0 Å². The molecule has 0 radical (unpaired) electrons. The minimum Gasteiger partial charge on any atom is -0.504 e. The van der Waals surface area contributed by atoms with E-state index in [-0.39, 0.29) is 23.5 Å². The minimum atomic E-state index is -0.137. The molecule has 1 fully saturated rings. The number of hydrazone groups is 1. The fourth-order valence-corrected chi connectivity index (χ4v) is 5.01. The lowest BCUT2D eigenvalue weighted by Crippen LogP contribution is -2.45. The van der Waals surface area contributed by atoms with Crippen LogP contribution >= 0.6 is 0 Å². The molecule has 1 amide bonds. The molecule has 178 valence electrons. The van der Waals surface area contributed by atoms with Crippen molar-refractivity contribution in [3.63, 3.8) is 0 Å². The molecule has 2 atom stereocenters. The maximum absolute atomic E-state index is 13.3. The highest BCUT2D eigenvalue weighted by Crippen LogP contribution is 2.37. The van der Waals surface area contributed by atoms with Crippen LogP contribution in [0.15, 0.2) is 59.7 Å². The second-order valence-electron chi connectivity index (χ2n) is 9.13. The number of phenols is 1. The van der Waals surface area contributed by atoms with Crippen LogP contribution in [0.5, 0.6) is 11.5 Å². The number of amides is 1. The molecule has 0 aromatic heterocycles. The van der Waals surface area contributed by atoms with Crippen LogP contribution in [-0.4, -0.2) is 60.0 Å². The summed E-state index contributed by atoms with van der Waals surface area (Å²) in [6.45, 7) is 4.83. The number of morpholine rings is 1. The van der Waals surface area contributed by atoms with E-state index in [1.165, 1.54) is 12.7 Å². The van der Waals surface area contributed by atoms with Crippen molar-refractivity contribution in [1.82, 2.24) is 9.91 Å². The molecule has 2 aliphatic heterocycles. The van der Waals surface area contributed by atoms with E-state index in [1.807, 2.05) is 6.07 Å². The lowest BCUT2D eigenvalue weighted by molar-refractivity contribution is -0.138. The van der Waals surface area contributed by atoms with Gasteiger partial charge in [0, 0.05) is 31.1 Å². The standard InChI is InChI=1S/C27H31N3O4/c1-33-25-11-10-21(16-24(25)31)26-22-4-2-3-5-23(22)27(32)30(28-26)18-20-8-6-19(7-9-20)17-29-12-14-34-15-13-29/h2-3,6-11,16,22-23,31H,4-5,12-15,17-18H2,1H3. The third-order valence-electron chi connectivity index (χ3n) is 6.92. The van der Waals surface area contributed by atoms with E-state index in [4.69, 9.17) is 14.6 Å². The number of benzene rings is 2. The van der Waals surface area contributed by atoms with Crippen molar-refractivity contribution in [3.05, 3.63) is 71.3 Å². The van der Waals surface area contributed by atoms with E-state index in [1.54, 1.807) is 17.1 Å². The molecule has 7 heteroatoms. The maximum atomic E-state index is 13.3. The first-order valence-corrected chi connectivity index (χ1v) is 11.9. The normalized spacial score (nSPS) is 22.9. The molecule has 1 N–H and O–H groups in total. The number of methoxy groups -OCH3 is 1. The van der Waals surface area contributed by atoms with E-state index >= 15 is 0 Å². The number of fused-ring (bicyclic) bond motifs is 1. The zero-order valence-corrected chi connectivity index (χ0v) is 19.5. The molecule has 0 saturated carbocycles. The number of allylic oxidation sites excluding steroid dienone is 2. The molecule has 34 heavy (non-hydrogen) atoms. The van der Waals surface area contributed by atoms with Crippen molar-refractivity contribution < 1.29 is 19.4 Å². The van der Waals surface area contributed by atoms with Crippen LogP contribution in [0, 0.1) is 11.8 Å². The van der Waals surface area contributed by atoms with Gasteiger partial charge in [-0.3, -0.25) is 9.69 Å². The first-order chi connectivity index (χ1) is 16.6. The summed E-state index contributed by atoms with van der Waals surface area (Å²) in [5.74, 6) is 0.434. The van der Waals surface area contributed by atoms with E-state index < -0.39 is 0 Å². The van der Waals surface area contributed by atoms with E-state index in [2.05, 4.69) is 41.3 Å². The third kappa shape index (κ3) is 4.72. The summed E-state index contributed by atoms with van der Waals surface area (Å²) in [6.07, 6.45) is 5.69. The maximum Gasteiger partial charge on any atom is 0.247 e. The van der Waals surface area contributed by atoms with E-state index in [0.717, 1.165) is 56.1 Å². The van der Waals surface area contributed by atoms with Crippen LogP contribution in [0.3, 0.4) is 0 Å². The first-order valence-electron chi connectivity index (χ1n) is 11.9. The summed E-state index contributed by atoms with van der Waals surface area (Å²) < 4.78 is 10.6. The summed E-state index contributed by atoms with van der Waals surface area (Å²) in [5, 5.41) is 16.8. The van der Waals surface area contributed by atoms with Crippen molar-refractivity contribution in [2.75, 3.05) is 33.4 Å². The summed E-state index contributed by atoms with van der Waals surface area (Å²) in [5.41, 5.74) is 3.97. The number of rotatable bonds is 6. The Morgan fingerprint density at radius 2 is 1.68 bits per heavy atom. The lowest BCUT2D eigenvalue weighted by Gasteiger charge is -2.37. The zero-order chi connectivity index (χ0) is 23.5. The second-order valence-corrected chi connectivity index (χ2v) is 9.13. The number of hydrogen-bond donors (Lipinski definition) is 1. The molecule has 2 aromatic rings. The van der Waals surface area contributed by atoms with Crippen LogP contribution in [0.1, 0.15) is 29.5 Å². The van der Waals surface area contributed by atoms with Crippen LogP contribution < -0.4 is 4.74 Å². The molecule has 0 spiro atoms. The topological polar surface area (TPSA) is 74.6 Å². The van der Waals surface area contributed by atoms with Crippen LogP contribution in [0.2, 0.25) is 0 Å². The van der Waals surface area contributed by atoms with E-state index in [0.29, 0.717) is 18.7 Å². The Morgan fingerprint density at radius 3 is 2.35 bits per heavy atom. The predicted octanol–water partition coefficient (Wildman–Crippen LogP) is 3.56. The molecule has 1 saturated heterocycles. The molecular weight excluding hydrogens is 430 g/mol. The summed E-state index contributed by atoms with van der Waals surface area (Å²) in [6, 6.07) is 13.8. The van der Waals surface area contributed by atoms with Gasteiger partial charge in [-0.05, 0) is 42.2 Å². The minimum absolute atomic E-state index is 0.0115. The molecule has 2 heterocycles. The average molecular weight is 462 g/mol. The number of phenolic OH excluding ortho intramolecular Hbond substituents is 1. The number of carbonyl (C=O) groups excluding carboxylic acids is 1. The average Bonchev–Trinajstić information content (AvgIpc) is 2.87. The van der Waals surface area contributed by atoms with Gasteiger partial charge in [0.05, 0.1) is 38.5 Å². The molecule has 5 rings (SSSR count). The summed E-state index contributed by atoms with van der Waals surface area (Å²) >= 11 is 0. The van der Waals surface area contributed by atoms with Crippen LogP contribution in [0.25, 0.3) is 0 Å². The number of hydrogen-bond acceptors (Lipinski definition) is 6. The Kier molecular flexibility index (Phi) is 6.65. The van der Waals surface area contributed by atoms with Crippen molar-refractivity contribution >= 4 is 11.6 Å². The smallest absolute Gasteiger partial charge is 0.247 e. The fourth-order valence-electron chi connectivity index (χ4n) is 5.01. The van der Waals surface area contributed by atoms with E-state index in [9.17, 15) is 9.90 Å². The van der Waals surface area contributed by atoms with Gasteiger partial charge in [-0.15, -0.1) is 0 Å². The van der Waals surface area contributed by atoms with Crippen molar-refractivity contribution in [3.8, 4) is 11.5 Å². The van der Waals surface area contributed by atoms with Crippen molar-refractivity contribution in [2.24, 2.45) is 16.9 Å². The highest BCUT2D eigenvalue weighted by Gasteiger charge is 2.40. The van der Waals surface area contributed by atoms with Gasteiger partial charge < -0.3 is 14.6 Å². The lowest BCUT2D eigenvalue weighted by atomic mass is 9.76. The van der Waals surface area contributed by atoms with Gasteiger partial charge in [-0.2, -0.15) is 5.10 Å². The second kappa shape index (κ2) is 9.99. The molecule has 7 nitrogen and oxygen atoms in total. The van der Waals surface area contributed by atoms with Crippen LogP contribution in [-0.2, 0) is 22.6 Å². The molecule has 1 aliphatic carbocycles. The van der Waals surface area contributed by atoms with Gasteiger partial charge in [-0.1, -0.05) is 36.4 Å². The predicted molar refractivity (Wildman–Crippen MR) is 130 cm³/mol. The molecule has 0 bridgehead atoms. The number of carbonyl (C=O) groups is 1. The Bertz CT molecular complexity index is 1090. The molecule has 2 unspecified atom stereocenters. The SMILES string of the molecule is COc1ccc(C2=NN(Cc3ccc(CN4CCOCC4)cc3)C(=O)C3CC=CCC23)cc1O. The molecular formula is C27H31N3O4. The highest BCUT2D eigenvalue weighted by atomic mass is 16.5. The zero-order valence-electron chi connectivity index (χ0n) is 19.5. The van der Waals surface area contributed by atoms with Crippen molar-refractivity contribution in [2.45, 2.75) is 25.9 Å². The van der Waals surface area contributed by atoms with Gasteiger partial charge in [0.2, 0.25) is 5.91 Å². The summed E-state index contributed by atoms with van der Waals surface area (Å²) in [4.78, 5) is 15.7.